The van der Waals surface area contributed by atoms with Gasteiger partial charge in [-0.15, -0.1) is 0 Å². The lowest BCUT2D eigenvalue weighted by Gasteiger charge is -2.36. The van der Waals surface area contributed by atoms with Gasteiger partial charge in [0, 0.05) is 19.3 Å². The summed E-state index contributed by atoms with van der Waals surface area (Å²) in [5, 5.41) is 0. The number of rotatable bonds is 9. The zero-order chi connectivity index (χ0) is 28.5. The highest BCUT2D eigenvalue weighted by Gasteiger charge is 2.29. The molecule has 5 aromatic rings. The lowest BCUT2D eigenvalue weighted by atomic mass is 9.96. The number of piperidine rings is 1. The highest BCUT2D eigenvalue weighted by Crippen LogP contribution is 2.37. The van der Waals surface area contributed by atoms with Crippen LogP contribution in [-0.4, -0.2) is 56.8 Å². The number of imidazole rings is 1. The first kappa shape index (κ1) is 26.6. The number of carbonyl (C=O) groups is 1. The largest absolute Gasteiger partial charge is 0.482 e. The van der Waals surface area contributed by atoms with Crippen LogP contribution in [-0.2, 0) is 29.2 Å². The molecule has 0 spiro atoms. The Morgan fingerprint density at radius 1 is 1.10 bits per heavy atom. The van der Waals surface area contributed by atoms with Crippen molar-refractivity contribution in [2.45, 2.75) is 57.5 Å². The summed E-state index contributed by atoms with van der Waals surface area (Å²) < 4.78 is 25.0. The molecule has 2 fully saturated rings. The minimum atomic E-state index is -0.361. The number of benzene rings is 2. The summed E-state index contributed by atoms with van der Waals surface area (Å²) in [7, 11) is 1.41. The van der Waals surface area contributed by atoms with E-state index >= 15 is 0 Å². The van der Waals surface area contributed by atoms with Gasteiger partial charge < -0.3 is 23.2 Å². The predicted octanol–water partition coefficient (Wildman–Crippen LogP) is 5.45. The number of hydrogen-bond acceptors (Lipinski definition) is 9. The lowest BCUT2D eigenvalue weighted by Crippen LogP contribution is -2.34. The van der Waals surface area contributed by atoms with Gasteiger partial charge in [-0.1, -0.05) is 18.6 Å². The summed E-state index contributed by atoms with van der Waals surface area (Å²) in [5.41, 5.74) is 5.74. The van der Waals surface area contributed by atoms with Gasteiger partial charge in [-0.2, -0.15) is 0 Å². The van der Waals surface area contributed by atoms with Crippen LogP contribution in [0, 0.1) is 0 Å². The molecule has 42 heavy (non-hydrogen) atoms. The van der Waals surface area contributed by atoms with E-state index in [4.69, 9.17) is 28.6 Å². The Morgan fingerprint density at radius 3 is 2.83 bits per heavy atom. The molecule has 2 unspecified atom stereocenters. The molecule has 7 rings (SSSR count). The van der Waals surface area contributed by atoms with Crippen molar-refractivity contribution in [3.8, 4) is 5.75 Å². The Bertz CT molecular complexity index is 1690. The average Bonchev–Trinajstić information content (AvgIpc) is 3.62. The quantitative estimate of drug-likeness (QED) is 0.215. The third kappa shape index (κ3) is 5.23. The number of hydrogen-bond donors (Lipinski definition) is 0. The van der Waals surface area contributed by atoms with Crippen molar-refractivity contribution in [3.63, 3.8) is 0 Å². The molecule has 0 amide bonds. The van der Waals surface area contributed by atoms with Crippen LogP contribution >= 0.6 is 0 Å². The van der Waals surface area contributed by atoms with Gasteiger partial charge in [0.15, 0.2) is 12.2 Å². The summed E-state index contributed by atoms with van der Waals surface area (Å²) in [6.07, 6.45) is 7.99. The number of likely N-dealkylation sites (tertiary alicyclic amines) is 1. The lowest BCUT2D eigenvalue weighted by molar-refractivity contribution is -0.0586. The van der Waals surface area contributed by atoms with Crippen molar-refractivity contribution in [1.29, 1.82) is 0 Å². The van der Waals surface area contributed by atoms with E-state index in [1.807, 2.05) is 61.1 Å². The van der Waals surface area contributed by atoms with Crippen LogP contribution in [0.5, 0.6) is 5.75 Å². The Morgan fingerprint density at radius 2 is 2.00 bits per heavy atom. The molecule has 2 aliphatic rings. The van der Waals surface area contributed by atoms with Crippen molar-refractivity contribution in [1.82, 2.24) is 24.4 Å². The molecule has 2 aliphatic heterocycles. The number of carbonyl (C=O) groups excluding carboxylic acids is 1. The molecule has 216 valence electrons. The standard InChI is InChI=1S/C32H33N5O5/c1-39-32(38)21-15-22(30-26(16-21)37(20-34-30)18-23-11-14-40-23)17-36-13-5-4-8-25(36)31-28(10-6-12-33-31)41-19-29-35-24-7-2-3-9-27(24)42-29/h2-3,6-7,9-10,12,15-16,20,23,25H,4-5,8,11,13-14,17-19H2,1H3. The molecule has 5 heterocycles. The molecule has 3 aromatic heterocycles. The predicted molar refractivity (Wildman–Crippen MR) is 155 cm³/mol. The van der Waals surface area contributed by atoms with Gasteiger partial charge in [-0.3, -0.25) is 9.88 Å². The summed E-state index contributed by atoms with van der Waals surface area (Å²) in [6, 6.07) is 15.4. The van der Waals surface area contributed by atoms with E-state index in [1.165, 1.54) is 7.11 Å². The first-order valence-corrected chi connectivity index (χ1v) is 14.5. The topological polar surface area (TPSA) is 105 Å². The van der Waals surface area contributed by atoms with Crippen LogP contribution in [0.2, 0.25) is 0 Å². The van der Waals surface area contributed by atoms with E-state index in [-0.39, 0.29) is 24.7 Å². The van der Waals surface area contributed by atoms with E-state index in [9.17, 15) is 4.79 Å². The van der Waals surface area contributed by atoms with Gasteiger partial charge in [0.1, 0.15) is 11.3 Å². The molecular weight excluding hydrogens is 534 g/mol. The first-order valence-electron chi connectivity index (χ1n) is 14.5. The molecule has 2 saturated heterocycles. The summed E-state index contributed by atoms with van der Waals surface area (Å²) in [6.45, 7) is 3.22. The molecular formula is C32H33N5O5. The summed E-state index contributed by atoms with van der Waals surface area (Å²) in [4.78, 5) is 29.2. The molecule has 0 N–H and O–H groups in total. The SMILES string of the molecule is COC(=O)c1cc(CN2CCCCC2c2ncccc2OCc2nc3ccccc3o2)c2ncn(CC3CCO3)c2c1. The van der Waals surface area contributed by atoms with Crippen molar-refractivity contribution in [2.24, 2.45) is 0 Å². The fraction of sp³-hybridized carbons (Fsp3) is 0.375. The zero-order valence-corrected chi connectivity index (χ0v) is 23.6. The van der Waals surface area contributed by atoms with E-state index in [2.05, 4.69) is 14.5 Å². The van der Waals surface area contributed by atoms with E-state index in [0.29, 0.717) is 24.5 Å². The average molecular weight is 568 g/mol. The minimum absolute atomic E-state index is 0.0425. The third-order valence-electron chi connectivity index (χ3n) is 8.21. The Kier molecular flexibility index (Phi) is 7.31. The van der Waals surface area contributed by atoms with E-state index in [0.717, 1.165) is 78.0 Å². The van der Waals surface area contributed by atoms with E-state index in [1.54, 1.807) is 0 Å². The zero-order valence-electron chi connectivity index (χ0n) is 23.6. The molecule has 0 bridgehead atoms. The Hall–Kier alpha value is -4.28. The molecule has 0 radical (unpaired) electrons. The Balaban J connectivity index is 1.17. The number of aromatic nitrogens is 4. The second kappa shape index (κ2) is 11.5. The molecule has 10 nitrogen and oxygen atoms in total. The van der Waals surface area contributed by atoms with Crippen molar-refractivity contribution < 1.29 is 23.4 Å². The normalized spacial score (nSPS) is 19.2. The number of ether oxygens (including phenoxy) is 3. The molecule has 2 atom stereocenters. The maximum absolute atomic E-state index is 12.7. The van der Waals surface area contributed by atoms with Crippen LogP contribution < -0.4 is 4.74 Å². The van der Waals surface area contributed by atoms with E-state index < -0.39 is 0 Å². The summed E-state index contributed by atoms with van der Waals surface area (Å²) >= 11 is 0. The van der Waals surface area contributed by atoms with Crippen molar-refractivity contribution in [2.75, 3.05) is 20.3 Å². The summed E-state index contributed by atoms with van der Waals surface area (Å²) in [5.74, 6) is 0.881. The number of para-hydroxylation sites is 2. The van der Waals surface area contributed by atoms with Crippen LogP contribution in [0.1, 0.15) is 59.2 Å². The maximum Gasteiger partial charge on any atom is 0.337 e. The second-order valence-corrected chi connectivity index (χ2v) is 10.9. The van der Waals surface area contributed by atoms with Gasteiger partial charge in [-0.25, -0.2) is 14.8 Å². The monoisotopic (exact) mass is 567 g/mol. The first-order chi connectivity index (χ1) is 20.7. The van der Waals surface area contributed by atoms with Crippen LogP contribution in [0.3, 0.4) is 0 Å². The molecule has 0 aliphatic carbocycles. The number of nitrogens with zero attached hydrogens (tertiary/aromatic N) is 5. The third-order valence-corrected chi connectivity index (χ3v) is 8.21. The van der Waals surface area contributed by atoms with Crippen LogP contribution in [0.4, 0.5) is 0 Å². The highest BCUT2D eigenvalue weighted by atomic mass is 16.5. The van der Waals surface area contributed by atoms with Gasteiger partial charge in [0.25, 0.3) is 0 Å². The van der Waals surface area contributed by atoms with Crippen molar-refractivity contribution >= 4 is 28.1 Å². The maximum atomic E-state index is 12.7. The van der Waals surface area contributed by atoms with Gasteiger partial charge in [0.2, 0.25) is 5.89 Å². The number of esters is 1. The fourth-order valence-corrected chi connectivity index (χ4v) is 5.99. The number of pyridine rings is 1. The molecule has 10 heteroatoms. The number of fused-ring (bicyclic) bond motifs is 2. The minimum Gasteiger partial charge on any atom is -0.482 e. The number of oxazole rings is 1. The van der Waals surface area contributed by atoms with Crippen LogP contribution in [0.15, 0.2) is 65.5 Å². The smallest absolute Gasteiger partial charge is 0.337 e. The van der Waals surface area contributed by atoms with Gasteiger partial charge >= 0.3 is 5.97 Å². The van der Waals surface area contributed by atoms with Crippen LogP contribution in [0.25, 0.3) is 22.1 Å². The van der Waals surface area contributed by atoms with Gasteiger partial charge in [-0.05, 0) is 67.8 Å². The van der Waals surface area contributed by atoms with Crippen molar-refractivity contribution in [3.05, 3.63) is 83.8 Å². The molecule has 0 saturated carbocycles. The molecule has 2 aromatic carbocycles. The highest BCUT2D eigenvalue weighted by molar-refractivity contribution is 5.95. The van der Waals surface area contributed by atoms with Gasteiger partial charge in [0.05, 0.1) is 54.4 Å². The Labute approximate surface area is 243 Å². The fourth-order valence-electron chi connectivity index (χ4n) is 5.99. The second-order valence-electron chi connectivity index (χ2n) is 10.9. The number of methoxy groups -OCH3 is 1.